The van der Waals surface area contributed by atoms with E-state index < -0.39 is 0 Å². The molecule has 33 heavy (non-hydrogen) atoms. The monoisotopic (exact) mass is 449 g/mol. The molecular weight excluding hydrogens is 418 g/mol. The Morgan fingerprint density at radius 2 is 1.82 bits per heavy atom. The minimum atomic E-state index is -0.137. The molecule has 7 heteroatoms. The molecule has 1 aliphatic heterocycles. The van der Waals surface area contributed by atoms with Crippen molar-refractivity contribution in [2.45, 2.75) is 19.3 Å². The van der Waals surface area contributed by atoms with Crippen molar-refractivity contribution in [2.24, 2.45) is 5.92 Å². The Hall–Kier alpha value is -3.61. The van der Waals surface area contributed by atoms with Crippen LogP contribution in [0, 0.1) is 5.92 Å². The third kappa shape index (κ3) is 6.94. The van der Waals surface area contributed by atoms with Gasteiger partial charge in [0.1, 0.15) is 17.1 Å². The Labute approximate surface area is 195 Å². The van der Waals surface area contributed by atoms with Crippen molar-refractivity contribution < 1.29 is 19.1 Å². The van der Waals surface area contributed by atoms with E-state index in [0.29, 0.717) is 42.6 Å². The van der Waals surface area contributed by atoms with Gasteiger partial charge in [0.25, 0.3) is 5.91 Å². The van der Waals surface area contributed by atoms with Crippen LogP contribution >= 0.6 is 0 Å². The van der Waals surface area contributed by atoms with E-state index in [-0.39, 0.29) is 11.8 Å². The van der Waals surface area contributed by atoms with Crippen LogP contribution in [0.25, 0.3) is 6.08 Å². The zero-order valence-electron chi connectivity index (χ0n) is 19.2. The fraction of sp³-hybridized carbons (Fsp3) is 0.346. The Morgan fingerprint density at radius 3 is 2.45 bits per heavy atom. The normalized spacial score (nSPS) is 14.5. The van der Waals surface area contributed by atoms with Crippen LogP contribution in [0.4, 0.5) is 0 Å². The molecule has 1 aromatic heterocycles. The molecule has 1 N–H and O–H groups in total. The molecule has 0 atom stereocenters. The Kier molecular flexibility index (Phi) is 9.06. The number of rotatable bonds is 9. The molecule has 1 aromatic carbocycles. The SMILES string of the molecule is COc1cccc(OC)c1C(=O)N1CCC(C/C=C/CNC(=O)/C=C/c2cccnc2)CC1. The van der Waals surface area contributed by atoms with E-state index in [1.54, 1.807) is 44.8 Å². The molecule has 0 unspecified atom stereocenters. The second-order valence-corrected chi connectivity index (χ2v) is 7.85. The van der Waals surface area contributed by atoms with Crippen molar-refractivity contribution in [1.82, 2.24) is 15.2 Å². The Balaban J connectivity index is 1.40. The second kappa shape index (κ2) is 12.4. The number of nitrogens with one attached hydrogen (secondary N) is 1. The maximum Gasteiger partial charge on any atom is 0.261 e. The molecule has 174 valence electrons. The molecule has 7 nitrogen and oxygen atoms in total. The number of piperidine rings is 1. The molecule has 0 aliphatic carbocycles. The number of likely N-dealkylation sites (tertiary alicyclic amines) is 1. The fourth-order valence-electron chi connectivity index (χ4n) is 3.83. The second-order valence-electron chi connectivity index (χ2n) is 7.85. The van der Waals surface area contributed by atoms with Crippen molar-refractivity contribution in [3.8, 4) is 11.5 Å². The molecule has 0 saturated carbocycles. The molecule has 1 saturated heterocycles. The highest BCUT2D eigenvalue weighted by Crippen LogP contribution is 2.31. The summed E-state index contributed by atoms with van der Waals surface area (Å²) in [4.78, 5) is 30.8. The lowest BCUT2D eigenvalue weighted by Crippen LogP contribution is -2.38. The van der Waals surface area contributed by atoms with Crippen molar-refractivity contribution in [2.75, 3.05) is 33.9 Å². The number of aromatic nitrogens is 1. The molecular formula is C26H31N3O4. The zero-order valence-corrected chi connectivity index (χ0v) is 19.2. The van der Waals surface area contributed by atoms with Crippen LogP contribution in [0.3, 0.4) is 0 Å². The standard InChI is InChI=1S/C26H31N3O4/c1-32-22-9-5-10-23(33-2)25(22)26(31)29-17-13-20(14-18-29)7-3-4-16-28-24(30)12-11-21-8-6-15-27-19-21/h3-6,8-12,15,19-20H,7,13-14,16-18H2,1-2H3,(H,28,30)/b4-3+,12-11+. The lowest BCUT2D eigenvalue weighted by atomic mass is 9.93. The van der Waals surface area contributed by atoms with Crippen LogP contribution in [-0.2, 0) is 4.79 Å². The number of hydrogen-bond donors (Lipinski definition) is 1. The number of carbonyl (C=O) groups excluding carboxylic acids is 2. The summed E-state index contributed by atoms with van der Waals surface area (Å²) in [6, 6.07) is 9.09. The highest BCUT2D eigenvalue weighted by molar-refractivity contribution is 5.99. The van der Waals surface area contributed by atoms with Gasteiger partial charge in [-0.05, 0) is 55.0 Å². The van der Waals surface area contributed by atoms with Crippen LogP contribution in [0.5, 0.6) is 11.5 Å². The van der Waals surface area contributed by atoms with Gasteiger partial charge in [-0.15, -0.1) is 0 Å². The summed E-state index contributed by atoms with van der Waals surface area (Å²) in [7, 11) is 3.12. The Bertz CT molecular complexity index is 958. The average Bonchev–Trinajstić information content (AvgIpc) is 2.87. The van der Waals surface area contributed by atoms with Crippen LogP contribution in [0.2, 0.25) is 0 Å². The number of pyridine rings is 1. The Morgan fingerprint density at radius 1 is 1.09 bits per heavy atom. The highest BCUT2D eigenvalue weighted by atomic mass is 16.5. The summed E-state index contributed by atoms with van der Waals surface area (Å²) in [5.41, 5.74) is 1.37. The van der Waals surface area contributed by atoms with E-state index in [1.807, 2.05) is 29.2 Å². The molecule has 0 spiro atoms. The first-order chi connectivity index (χ1) is 16.1. The minimum absolute atomic E-state index is 0.0552. The van der Waals surface area contributed by atoms with E-state index in [4.69, 9.17) is 9.47 Å². The van der Waals surface area contributed by atoms with E-state index in [9.17, 15) is 9.59 Å². The maximum absolute atomic E-state index is 13.1. The zero-order chi connectivity index (χ0) is 23.5. The number of amides is 2. The average molecular weight is 450 g/mol. The predicted molar refractivity (Wildman–Crippen MR) is 128 cm³/mol. The third-order valence-corrected chi connectivity index (χ3v) is 5.69. The molecule has 0 radical (unpaired) electrons. The summed E-state index contributed by atoms with van der Waals surface area (Å²) in [6.45, 7) is 1.89. The van der Waals surface area contributed by atoms with Gasteiger partial charge < -0.3 is 19.7 Å². The van der Waals surface area contributed by atoms with Gasteiger partial charge >= 0.3 is 0 Å². The number of hydrogen-bond acceptors (Lipinski definition) is 5. The molecule has 2 amide bonds. The third-order valence-electron chi connectivity index (χ3n) is 5.69. The summed E-state index contributed by atoms with van der Waals surface area (Å²) in [5.74, 6) is 1.39. The number of nitrogens with zero attached hydrogens (tertiary/aromatic N) is 2. The predicted octanol–water partition coefficient (Wildman–Crippen LogP) is 3.73. The first kappa shape index (κ1) is 24.0. The minimum Gasteiger partial charge on any atom is -0.496 e. The number of carbonyl (C=O) groups is 2. The van der Waals surface area contributed by atoms with Gasteiger partial charge in [0, 0.05) is 38.1 Å². The van der Waals surface area contributed by atoms with Crippen molar-refractivity contribution >= 4 is 17.9 Å². The lowest BCUT2D eigenvalue weighted by Gasteiger charge is -2.32. The van der Waals surface area contributed by atoms with Crippen molar-refractivity contribution in [3.05, 3.63) is 72.1 Å². The number of benzene rings is 1. The van der Waals surface area contributed by atoms with E-state index in [1.165, 1.54) is 6.08 Å². The van der Waals surface area contributed by atoms with Gasteiger partial charge in [0.2, 0.25) is 5.91 Å². The largest absolute Gasteiger partial charge is 0.496 e. The van der Waals surface area contributed by atoms with Gasteiger partial charge in [0.15, 0.2) is 0 Å². The van der Waals surface area contributed by atoms with Crippen LogP contribution in [0.15, 0.2) is 61.0 Å². The van der Waals surface area contributed by atoms with Gasteiger partial charge in [-0.25, -0.2) is 0 Å². The summed E-state index contributed by atoms with van der Waals surface area (Å²) < 4.78 is 10.8. The van der Waals surface area contributed by atoms with E-state index in [0.717, 1.165) is 24.8 Å². The molecule has 3 rings (SSSR count). The van der Waals surface area contributed by atoms with Crippen molar-refractivity contribution in [1.29, 1.82) is 0 Å². The quantitative estimate of drug-likeness (QED) is 0.466. The highest BCUT2D eigenvalue weighted by Gasteiger charge is 2.27. The first-order valence-electron chi connectivity index (χ1n) is 11.1. The molecule has 1 aliphatic rings. The number of ether oxygens (including phenoxy) is 2. The lowest BCUT2D eigenvalue weighted by molar-refractivity contribution is -0.116. The topological polar surface area (TPSA) is 80.8 Å². The van der Waals surface area contributed by atoms with Crippen LogP contribution in [-0.4, -0.2) is 55.6 Å². The van der Waals surface area contributed by atoms with Crippen LogP contribution < -0.4 is 14.8 Å². The summed E-state index contributed by atoms with van der Waals surface area (Å²) >= 11 is 0. The number of allylic oxidation sites excluding steroid dienone is 1. The summed E-state index contributed by atoms with van der Waals surface area (Å²) in [6.07, 6.45) is 13.5. The first-order valence-corrected chi connectivity index (χ1v) is 11.1. The van der Waals surface area contributed by atoms with Gasteiger partial charge in [-0.1, -0.05) is 24.3 Å². The van der Waals surface area contributed by atoms with E-state index >= 15 is 0 Å². The maximum atomic E-state index is 13.1. The number of methoxy groups -OCH3 is 2. The smallest absolute Gasteiger partial charge is 0.261 e. The molecule has 2 heterocycles. The van der Waals surface area contributed by atoms with Gasteiger partial charge in [-0.2, -0.15) is 0 Å². The fourth-order valence-corrected chi connectivity index (χ4v) is 3.83. The van der Waals surface area contributed by atoms with Crippen molar-refractivity contribution in [3.63, 3.8) is 0 Å². The summed E-state index contributed by atoms with van der Waals surface area (Å²) in [5, 5.41) is 2.84. The van der Waals surface area contributed by atoms with E-state index in [2.05, 4.69) is 16.4 Å². The van der Waals surface area contributed by atoms with Gasteiger partial charge in [0.05, 0.1) is 14.2 Å². The molecule has 2 aromatic rings. The molecule has 0 bridgehead atoms. The molecule has 1 fully saturated rings. The van der Waals surface area contributed by atoms with Crippen LogP contribution in [0.1, 0.15) is 35.2 Å². The van der Waals surface area contributed by atoms with Gasteiger partial charge in [-0.3, -0.25) is 14.6 Å².